The molecule has 0 spiro atoms. The number of rotatable bonds is 4. The Morgan fingerprint density at radius 3 is 2.48 bits per heavy atom. The predicted octanol–water partition coefficient (Wildman–Crippen LogP) is 4.55. The zero-order valence-electron chi connectivity index (χ0n) is 11.0. The van der Waals surface area contributed by atoms with Crippen LogP contribution in [0.1, 0.15) is 17.2 Å². The SMILES string of the molecule is NC(c1ccccc1OC(F)F)c1csc2ccccc12. The van der Waals surface area contributed by atoms with Crippen LogP contribution in [-0.4, -0.2) is 6.61 Å². The molecular weight excluding hydrogens is 292 g/mol. The molecule has 0 fully saturated rings. The first-order valence-electron chi connectivity index (χ1n) is 6.42. The van der Waals surface area contributed by atoms with Crippen LogP contribution in [0.5, 0.6) is 5.75 Å². The molecule has 0 saturated carbocycles. The summed E-state index contributed by atoms with van der Waals surface area (Å²) in [6.45, 7) is -2.86. The molecule has 0 radical (unpaired) electrons. The third-order valence-electron chi connectivity index (χ3n) is 3.32. The molecule has 0 aliphatic carbocycles. The number of halogens is 2. The van der Waals surface area contributed by atoms with Crippen molar-refractivity contribution in [2.24, 2.45) is 5.73 Å². The van der Waals surface area contributed by atoms with E-state index >= 15 is 0 Å². The molecule has 2 N–H and O–H groups in total. The highest BCUT2D eigenvalue weighted by Crippen LogP contribution is 2.35. The summed E-state index contributed by atoms with van der Waals surface area (Å²) in [6.07, 6.45) is 0. The van der Waals surface area contributed by atoms with Gasteiger partial charge in [0.25, 0.3) is 0 Å². The Kier molecular flexibility index (Phi) is 3.86. The second kappa shape index (κ2) is 5.79. The largest absolute Gasteiger partial charge is 0.434 e. The molecule has 2 aromatic carbocycles. The van der Waals surface area contributed by atoms with Crippen molar-refractivity contribution in [3.05, 3.63) is 65.0 Å². The minimum atomic E-state index is -2.86. The van der Waals surface area contributed by atoms with Crippen LogP contribution in [-0.2, 0) is 0 Å². The lowest BCUT2D eigenvalue weighted by molar-refractivity contribution is -0.0505. The van der Waals surface area contributed by atoms with Crippen molar-refractivity contribution in [3.8, 4) is 5.75 Å². The van der Waals surface area contributed by atoms with E-state index in [1.807, 2.05) is 29.6 Å². The molecule has 21 heavy (non-hydrogen) atoms. The molecule has 0 saturated heterocycles. The van der Waals surface area contributed by atoms with E-state index in [-0.39, 0.29) is 5.75 Å². The maximum absolute atomic E-state index is 12.5. The van der Waals surface area contributed by atoms with Crippen molar-refractivity contribution in [2.75, 3.05) is 0 Å². The van der Waals surface area contributed by atoms with Crippen LogP contribution in [0.3, 0.4) is 0 Å². The molecule has 1 atom stereocenters. The Hall–Kier alpha value is -1.98. The van der Waals surface area contributed by atoms with Crippen LogP contribution in [0.15, 0.2) is 53.9 Å². The fourth-order valence-electron chi connectivity index (χ4n) is 2.35. The summed E-state index contributed by atoms with van der Waals surface area (Å²) in [5.74, 6) is 0.121. The molecular formula is C16H13F2NOS. The van der Waals surface area contributed by atoms with Gasteiger partial charge in [-0.15, -0.1) is 11.3 Å². The van der Waals surface area contributed by atoms with E-state index in [0.717, 1.165) is 15.6 Å². The molecule has 2 nitrogen and oxygen atoms in total. The van der Waals surface area contributed by atoms with E-state index in [1.165, 1.54) is 6.07 Å². The van der Waals surface area contributed by atoms with E-state index in [2.05, 4.69) is 4.74 Å². The minimum absolute atomic E-state index is 0.121. The Labute approximate surface area is 124 Å². The van der Waals surface area contributed by atoms with Gasteiger partial charge in [0, 0.05) is 10.3 Å². The number of hydrogen-bond acceptors (Lipinski definition) is 3. The molecule has 3 aromatic rings. The third kappa shape index (κ3) is 2.75. The number of nitrogens with two attached hydrogens (primary N) is 1. The Morgan fingerprint density at radius 2 is 1.67 bits per heavy atom. The number of alkyl halides is 2. The molecule has 0 aliphatic heterocycles. The van der Waals surface area contributed by atoms with Gasteiger partial charge in [0.15, 0.2) is 0 Å². The summed E-state index contributed by atoms with van der Waals surface area (Å²) in [6, 6.07) is 14.0. The van der Waals surface area contributed by atoms with Gasteiger partial charge in [0.1, 0.15) is 5.75 Å². The molecule has 5 heteroatoms. The quantitative estimate of drug-likeness (QED) is 0.767. The van der Waals surface area contributed by atoms with Crippen LogP contribution < -0.4 is 10.5 Å². The van der Waals surface area contributed by atoms with Crippen molar-refractivity contribution in [2.45, 2.75) is 12.7 Å². The Bertz CT molecular complexity index is 757. The van der Waals surface area contributed by atoms with E-state index in [4.69, 9.17) is 5.73 Å². The van der Waals surface area contributed by atoms with Crippen molar-refractivity contribution < 1.29 is 13.5 Å². The first kappa shape index (κ1) is 14.0. The fourth-order valence-corrected chi connectivity index (χ4v) is 3.34. The van der Waals surface area contributed by atoms with E-state index in [9.17, 15) is 8.78 Å². The zero-order chi connectivity index (χ0) is 14.8. The summed E-state index contributed by atoms with van der Waals surface area (Å²) in [4.78, 5) is 0. The van der Waals surface area contributed by atoms with Crippen molar-refractivity contribution in [3.63, 3.8) is 0 Å². The molecule has 3 rings (SSSR count). The van der Waals surface area contributed by atoms with Gasteiger partial charge in [0.2, 0.25) is 0 Å². The van der Waals surface area contributed by atoms with Crippen molar-refractivity contribution in [1.82, 2.24) is 0 Å². The maximum atomic E-state index is 12.5. The highest BCUT2D eigenvalue weighted by Gasteiger charge is 2.19. The summed E-state index contributed by atoms with van der Waals surface area (Å²) < 4.78 is 30.7. The number of para-hydroxylation sites is 1. The highest BCUT2D eigenvalue weighted by atomic mass is 32.1. The molecule has 0 aliphatic rings. The van der Waals surface area contributed by atoms with Crippen LogP contribution in [0.25, 0.3) is 10.1 Å². The molecule has 1 aromatic heterocycles. The average molecular weight is 305 g/mol. The smallest absolute Gasteiger partial charge is 0.387 e. The van der Waals surface area contributed by atoms with E-state index < -0.39 is 12.7 Å². The number of thiophene rings is 1. The van der Waals surface area contributed by atoms with Crippen LogP contribution in [0.4, 0.5) is 8.78 Å². The molecule has 1 heterocycles. The van der Waals surface area contributed by atoms with Gasteiger partial charge in [-0.25, -0.2) is 0 Å². The minimum Gasteiger partial charge on any atom is -0.434 e. The Morgan fingerprint density at radius 1 is 0.952 bits per heavy atom. The molecule has 0 amide bonds. The van der Waals surface area contributed by atoms with Crippen molar-refractivity contribution >= 4 is 21.4 Å². The maximum Gasteiger partial charge on any atom is 0.387 e. The normalized spacial score (nSPS) is 12.8. The summed E-state index contributed by atoms with van der Waals surface area (Å²) in [5, 5.41) is 3.01. The molecule has 0 bridgehead atoms. The summed E-state index contributed by atoms with van der Waals surface area (Å²) in [5.41, 5.74) is 7.76. The first-order valence-corrected chi connectivity index (χ1v) is 7.30. The van der Waals surface area contributed by atoms with Crippen LogP contribution >= 0.6 is 11.3 Å². The summed E-state index contributed by atoms with van der Waals surface area (Å²) in [7, 11) is 0. The fraction of sp³-hybridized carbons (Fsp3) is 0.125. The standard InChI is InChI=1S/C16H13F2NOS/c17-16(18)20-13-7-3-1-6-11(13)15(19)12-9-21-14-8-4-2-5-10(12)14/h1-9,15-16H,19H2. The van der Waals surface area contributed by atoms with Gasteiger partial charge in [-0.1, -0.05) is 36.4 Å². The van der Waals surface area contributed by atoms with Crippen LogP contribution in [0.2, 0.25) is 0 Å². The second-order valence-electron chi connectivity index (χ2n) is 4.58. The lowest BCUT2D eigenvalue weighted by Crippen LogP contribution is -2.14. The number of ether oxygens (including phenoxy) is 1. The lowest BCUT2D eigenvalue weighted by atomic mass is 9.98. The number of benzene rings is 2. The Balaban J connectivity index is 2.04. The van der Waals surface area contributed by atoms with Gasteiger partial charge in [-0.2, -0.15) is 8.78 Å². The zero-order valence-corrected chi connectivity index (χ0v) is 11.8. The highest BCUT2D eigenvalue weighted by molar-refractivity contribution is 7.17. The lowest BCUT2D eigenvalue weighted by Gasteiger charge is -2.16. The van der Waals surface area contributed by atoms with Gasteiger partial charge < -0.3 is 10.5 Å². The molecule has 1 unspecified atom stereocenters. The average Bonchev–Trinajstić information content (AvgIpc) is 2.90. The number of hydrogen-bond donors (Lipinski definition) is 1. The third-order valence-corrected chi connectivity index (χ3v) is 4.30. The topological polar surface area (TPSA) is 35.2 Å². The van der Waals surface area contributed by atoms with E-state index in [1.54, 1.807) is 29.5 Å². The first-order chi connectivity index (χ1) is 10.2. The summed E-state index contributed by atoms with van der Waals surface area (Å²) >= 11 is 1.59. The van der Waals surface area contributed by atoms with Crippen molar-refractivity contribution in [1.29, 1.82) is 0 Å². The number of fused-ring (bicyclic) bond motifs is 1. The predicted molar refractivity (Wildman–Crippen MR) is 80.9 cm³/mol. The monoisotopic (exact) mass is 305 g/mol. The van der Waals surface area contributed by atoms with Gasteiger partial charge >= 0.3 is 6.61 Å². The van der Waals surface area contributed by atoms with Crippen LogP contribution in [0, 0.1) is 0 Å². The van der Waals surface area contributed by atoms with Gasteiger partial charge in [0.05, 0.1) is 6.04 Å². The van der Waals surface area contributed by atoms with Gasteiger partial charge in [-0.05, 0) is 28.5 Å². The van der Waals surface area contributed by atoms with E-state index in [0.29, 0.717) is 5.56 Å². The second-order valence-corrected chi connectivity index (χ2v) is 5.49. The van der Waals surface area contributed by atoms with Gasteiger partial charge in [-0.3, -0.25) is 0 Å². The molecule has 108 valence electrons.